The van der Waals surface area contributed by atoms with Gasteiger partial charge in [0.15, 0.2) is 0 Å². The van der Waals surface area contributed by atoms with Gasteiger partial charge in [0.25, 0.3) is 0 Å². The number of carboxylic acids is 1. The third-order valence-electron chi connectivity index (χ3n) is 4.57. The molecule has 0 atom stereocenters. The lowest BCUT2D eigenvalue weighted by molar-refractivity contribution is 0.0696. The van der Waals surface area contributed by atoms with E-state index < -0.39 is 5.97 Å². The number of H-pyrrole nitrogens is 1. The topological polar surface area (TPSA) is 53.1 Å². The summed E-state index contributed by atoms with van der Waals surface area (Å²) in [5.74, 6) is -0.910. The standard InChI is InChI=1S/C22H17NO2/c1-14-18(21-13-16-9-5-6-10-20(16)23-21)11-17(12-19(14)22(24)25)15-7-3-2-4-8-15/h2-13,23H,1H3,(H,24,25). The van der Waals surface area contributed by atoms with Crippen molar-refractivity contribution in [2.75, 3.05) is 0 Å². The van der Waals surface area contributed by atoms with Crippen LogP contribution in [-0.4, -0.2) is 16.1 Å². The maximum absolute atomic E-state index is 11.8. The van der Waals surface area contributed by atoms with E-state index in [0.29, 0.717) is 5.56 Å². The van der Waals surface area contributed by atoms with E-state index in [9.17, 15) is 9.90 Å². The molecule has 0 fully saturated rings. The van der Waals surface area contributed by atoms with Gasteiger partial charge in [-0.05, 0) is 47.9 Å². The van der Waals surface area contributed by atoms with Crippen molar-refractivity contribution in [3.63, 3.8) is 0 Å². The number of aromatic nitrogens is 1. The highest BCUT2D eigenvalue weighted by molar-refractivity contribution is 5.95. The zero-order valence-corrected chi connectivity index (χ0v) is 13.8. The van der Waals surface area contributed by atoms with Gasteiger partial charge in [-0.2, -0.15) is 0 Å². The molecule has 0 spiro atoms. The summed E-state index contributed by atoms with van der Waals surface area (Å²) in [5, 5.41) is 10.7. The highest BCUT2D eigenvalue weighted by atomic mass is 16.4. The number of aromatic amines is 1. The Balaban J connectivity index is 1.97. The molecule has 122 valence electrons. The number of benzene rings is 3. The van der Waals surface area contributed by atoms with Gasteiger partial charge in [0.1, 0.15) is 0 Å². The number of rotatable bonds is 3. The molecule has 0 aliphatic carbocycles. The van der Waals surface area contributed by atoms with Gasteiger partial charge in [-0.15, -0.1) is 0 Å². The first kappa shape index (κ1) is 15.2. The predicted octanol–water partition coefficient (Wildman–Crippen LogP) is 5.51. The van der Waals surface area contributed by atoms with E-state index in [1.54, 1.807) is 6.07 Å². The van der Waals surface area contributed by atoms with Crippen molar-refractivity contribution < 1.29 is 9.90 Å². The lowest BCUT2D eigenvalue weighted by atomic mass is 9.93. The van der Waals surface area contributed by atoms with Crippen LogP contribution in [0.25, 0.3) is 33.3 Å². The number of carboxylic acid groups (broad SMARTS) is 1. The quantitative estimate of drug-likeness (QED) is 0.521. The molecule has 4 aromatic rings. The Morgan fingerprint density at radius 1 is 0.880 bits per heavy atom. The average molecular weight is 327 g/mol. The summed E-state index contributed by atoms with van der Waals surface area (Å²) in [6.45, 7) is 1.86. The van der Waals surface area contributed by atoms with Crippen LogP contribution >= 0.6 is 0 Å². The van der Waals surface area contributed by atoms with E-state index in [-0.39, 0.29) is 0 Å². The number of fused-ring (bicyclic) bond motifs is 1. The van der Waals surface area contributed by atoms with E-state index in [1.807, 2.05) is 61.5 Å². The van der Waals surface area contributed by atoms with Gasteiger partial charge < -0.3 is 10.1 Å². The molecular weight excluding hydrogens is 310 g/mol. The van der Waals surface area contributed by atoms with Crippen LogP contribution in [-0.2, 0) is 0 Å². The second-order valence-corrected chi connectivity index (χ2v) is 6.14. The van der Waals surface area contributed by atoms with E-state index in [4.69, 9.17) is 0 Å². The monoisotopic (exact) mass is 327 g/mol. The van der Waals surface area contributed by atoms with Gasteiger partial charge in [0, 0.05) is 22.2 Å². The third-order valence-corrected chi connectivity index (χ3v) is 4.57. The van der Waals surface area contributed by atoms with E-state index in [1.165, 1.54) is 0 Å². The number of para-hydroxylation sites is 1. The van der Waals surface area contributed by atoms with E-state index >= 15 is 0 Å². The van der Waals surface area contributed by atoms with Crippen LogP contribution in [0.1, 0.15) is 15.9 Å². The summed E-state index contributed by atoms with van der Waals surface area (Å²) in [4.78, 5) is 15.2. The number of carbonyl (C=O) groups is 1. The number of hydrogen-bond acceptors (Lipinski definition) is 1. The Labute approximate surface area is 145 Å². The minimum absolute atomic E-state index is 0.329. The Morgan fingerprint density at radius 3 is 2.32 bits per heavy atom. The third kappa shape index (κ3) is 2.70. The lowest BCUT2D eigenvalue weighted by Crippen LogP contribution is -2.02. The molecule has 0 amide bonds. The van der Waals surface area contributed by atoms with Gasteiger partial charge in [0.05, 0.1) is 5.56 Å². The van der Waals surface area contributed by atoms with Crippen LogP contribution in [0.5, 0.6) is 0 Å². The number of aromatic carboxylic acids is 1. The molecule has 0 aliphatic heterocycles. The molecule has 3 heteroatoms. The molecule has 0 aliphatic rings. The summed E-state index contributed by atoms with van der Waals surface area (Å²) in [5.41, 5.74) is 5.88. The van der Waals surface area contributed by atoms with Crippen LogP contribution < -0.4 is 0 Å². The SMILES string of the molecule is Cc1c(C(=O)O)cc(-c2ccccc2)cc1-c1cc2ccccc2[nH]1. The molecule has 2 N–H and O–H groups in total. The van der Waals surface area contributed by atoms with Crippen LogP contribution in [0.4, 0.5) is 0 Å². The van der Waals surface area contributed by atoms with Gasteiger partial charge in [-0.25, -0.2) is 4.79 Å². The molecular formula is C22H17NO2. The second-order valence-electron chi connectivity index (χ2n) is 6.14. The van der Waals surface area contributed by atoms with Crippen molar-refractivity contribution in [1.29, 1.82) is 0 Å². The largest absolute Gasteiger partial charge is 0.478 e. The Bertz CT molecular complexity index is 1040. The summed E-state index contributed by atoms with van der Waals surface area (Å²) < 4.78 is 0. The van der Waals surface area contributed by atoms with Crippen LogP contribution in [0.3, 0.4) is 0 Å². The molecule has 0 radical (unpaired) electrons. The molecule has 1 aromatic heterocycles. The van der Waals surface area contributed by atoms with Gasteiger partial charge in [-0.1, -0.05) is 48.5 Å². The Kier molecular flexibility index (Phi) is 3.62. The Hall–Kier alpha value is -3.33. The molecule has 3 nitrogen and oxygen atoms in total. The summed E-state index contributed by atoms with van der Waals surface area (Å²) in [6, 6.07) is 23.8. The van der Waals surface area contributed by atoms with E-state index in [2.05, 4.69) is 17.1 Å². The van der Waals surface area contributed by atoms with Crippen molar-refractivity contribution in [2.45, 2.75) is 6.92 Å². The maximum atomic E-state index is 11.8. The Morgan fingerprint density at radius 2 is 1.60 bits per heavy atom. The zero-order chi connectivity index (χ0) is 17.4. The fourth-order valence-corrected chi connectivity index (χ4v) is 3.23. The molecule has 0 saturated heterocycles. The molecule has 4 rings (SSSR count). The van der Waals surface area contributed by atoms with Gasteiger partial charge in [-0.3, -0.25) is 0 Å². The molecule has 0 bridgehead atoms. The number of hydrogen-bond donors (Lipinski definition) is 2. The van der Waals surface area contributed by atoms with Crippen molar-refractivity contribution in [1.82, 2.24) is 4.98 Å². The number of nitrogens with one attached hydrogen (secondary N) is 1. The second kappa shape index (κ2) is 5.95. The normalized spacial score (nSPS) is 10.9. The van der Waals surface area contributed by atoms with Crippen LogP contribution in [0, 0.1) is 6.92 Å². The van der Waals surface area contributed by atoms with Gasteiger partial charge in [0.2, 0.25) is 0 Å². The fraction of sp³-hybridized carbons (Fsp3) is 0.0455. The van der Waals surface area contributed by atoms with Crippen LogP contribution in [0.15, 0.2) is 72.8 Å². The minimum Gasteiger partial charge on any atom is -0.478 e. The zero-order valence-electron chi connectivity index (χ0n) is 13.8. The summed E-state index contributed by atoms with van der Waals surface area (Å²) in [7, 11) is 0. The minimum atomic E-state index is -0.910. The maximum Gasteiger partial charge on any atom is 0.335 e. The molecule has 0 saturated carbocycles. The highest BCUT2D eigenvalue weighted by Gasteiger charge is 2.16. The summed E-state index contributed by atoms with van der Waals surface area (Å²) >= 11 is 0. The highest BCUT2D eigenvalue weighted by Crippen LogP contribution is 2.33. The fourth-order valence-electron chi connectivity index (χ4n) is 3.23. The molecule has 1 heterocycles. The smallest absolute Gasteiger partial charge is 0.335 e. The molecule has 25 heavy (non-hydrogen) atoms. The van der Waals surface area contributed by atoms with Gasteiger partial charge >= 0.3 is 5.97 Å². The van der Waals surface area contributed by atoms with E-state index in [0.717, 1.165) is 38.9 Å². The van der Waals surface area contributed by atoms with Crippen molar-refractivity contribution in [3.8, 4) is 22.4 Å². The van der Waals surface area contributed by atoms with Crippen molar-refractivity contribution in [2.24, 2.45) is 0 Å². The van der Waals surface area contributed by atoms with Crippen LogP contribution in [0.2, 0.25) is 0 Å². The van der Waals surface area contributed by atoms with Crippen molar-refractivity contribution >= 4 is 16.9 Å². The molecule has 0 unspecified atom stereocenters. The molecule has 3 aromatic carbocycles. The lowest BCUT2D eigenvalue weighted by Gasteiger charge is -2.12. The average Bonchev–Trinajstić information content (AvgIpc) is 3.06. The first-order valence-electron chi connectivity index (χ1n) is 8.15. The first-order chi connectivity index (χ1) is 12.1. The first-order valence-corrected chi connectivity index (χ1v) is 8.15. The summed E-state index contributed by atoms with van der Waals surface area (Å²) in [6.07, 6.45) is 0. The predicted molar refractivity (Wildman–Crippen MR) is 101 cm³/mol. The van der Waals surface area contributed by atoms with Crippen molar-refractivity contribution in [3.05, 3.63) is 83.9 Å².